The molecule has 1 fully saturated rings. The number of ether oxygens (including phenoxy) is 1. The van der Waals surface area contributed by atoms with Crippen molar-refractivity contribution in [3.8, 4) is 11.1 Å². The van der Waals surface area contributed by atoms with Gasteiger partial charge in [0.1, 0.15) is 0 Å². The predicted octanol–water partition coefficient (Wildman–Crippen LogP) is 5.26. The number of alkyl halides is 3. The van der Waals surface area contributed by atoms with Crippen molar-refractivity contribution in [3.63, 3.8) is 0 Å². The predicted molar refractivity (Wildman–Crippen MR) is 131 cm³/mol. The molecule has 0 radical (unpaired) electrons. The Labute approximate surface area is 206 Å². The maximum absolute atomic E-state index is 13.1. The summed E-state index contributed by atoms with van der Waals surface area (Å²) in [6, 6.07) is 13.7. The Morgan fingerprint density at radius 3 is 2.58 bits per heavy atom. The molecule has 36 heavy (non-hydrogen) atoms. The first-order valence-corrected chi connectivity index (χ1v) is 11.6. The fourth-order valence-electron chi connectivity index (χ4n) is 4.59. The Bertz CT molecular complexity index is 1350. The molecule has 2 heterocycles. The van der Waals surface area contributed by atoms with Crippen LogP contribution in [0.25, 0.3) is 11.1 Å². The van der Waals surface area contributed by atoms with Gasteiger partial charge in [-0.1, -0.05) is 12.1 Å². The Morgan fingerprint density at radius 2 is 1.83 bits per heavy atom. The number of anilines is 3. The van der Waals surface area contributed by atoms with Crippen molar-refractivity contribution in [1.29, 1.82) is 0 Å². The van der Waals surface area contributed by atoms with Gasteiger partial charge in [0, 0.05) is 24.3 Å². The number of fused-ring (bicyclic) bond motifs is 1. The van der Waals surface area contributed by atoms with Crippen LogP contribution in [0.1, 0.15) is 27.0 Å². The van der Waals surface area contributed by atoms with Gasteiger partial charge in [-0.25, -0.2) is 0 Å². The molecule has 5 rings (SSSR count). The fraction of sp³-hybridized carbons (Fsp3) is 0.259. The minimum Gasteiger partial charge on any atom is -0.378 e. The lowest BCUT2D eigenvalue weighted by Crippen LogP contribution is -2.36. The molecule has 0 bridgehead atoms. The van der Waals surface area contributed by atoms with Gasteiger partial charge in [0.2, 0.25) is 5.91 Å². The lowest BCUT2D eigenvalue weighted by Gasteiger charge is -2.31. The molecule has 186 valence electrons. The molecular formula is C27H24F3N3O3. The Hall–Kier alpha value is -3.85. The van der Waals surface area contributed by atoms with Crippen molar-refractivity contribution in [2.24, 2.45) is 0 Å². The van der Waals surface area contributed by atoms with Crippen LogP contribution in [0.3, 0.4) is 0 Å². The van der Waals surface area contributed by atoms with Crippen LogP contribution in [-0.2, 0) is 22.1 Å². The minimum atomic E-state index is -4.53. The second-order valence-corrected chi connectivity index (χ2v) is 8.92. The number of carbonyl (C=O) groups excluding carboxylic acids is 2. The number of hydrogen-bond acceptors (Lipinski definition) is 4. The molecule has 3 aromatic rings. The lowest BCUT2D eigenvalue weighted by atomic mass is 9.96. The van der Waals surface area contributed by atoms with Crippen molar-refractivity contribution >= 4 is 28.9 Å². The number of aryl methyl sites for hydroxylation is 1. The van der Waals surface area contributed by atoms with E-state index in [0.717, 1.165) is 45.8 Å². The number of halogens is 3. The molecule has 0 saturated carbocycles. The molecule has 0 aliphatic carbocycles. The van der Waals surface area contributed by atoms with Crippen LogP contribution in [0.2, 0.25) is 0 Å². The van der Waals surface area contributed by atoms with Crippen LogP contribution in [0.15, 0.2) is 54.6 Å². The van der Waals surface area contributed by atoms with Gasteiger partial charge < -0.3 is 20.3 Å². The third kappa shape index (κ3) is 4.79. The molecular weight excluding hydrogens is 471 g/mol. The van der Waals surface area contributed by atoms with Crippen LogP contribution in [0.4, 0.5) is 30.2 Å². The highest BCUT2D eigenvalue weighted by molar-refractivity contribution is 6.06. The molecule has 2 aliphatic heterocycles. The topological polar surface area (TPSA) is 70.7 Å². The van der Waals surface area contributed by atoms with Crippen LogP contribution >= 0.6 is 0 Å². The van der Waals surface area contributed by atoms with Gasteiger partial charge in [0.15, 0.2) is 0 Å². The van der Waals surface area contributed by atoms with Crippen LogP contribution in [0, 0.1) is 6.92 Å². The second-order valence-electron chi connectivity index (χ2n) is 8.92. The quantitative estimate of drug-likeness (QED) is 0.518. The number of nitrogens with zero attached hydrogens (tertiary/aromatic N) is 1. The molecule has 1 saturated heterocycles. The fourth-order valence-corrected chi connectivity index (χ4v) is 4.59. The van der Waals surface area contributed by atoms with Crippen LogP contribution in [-0.4, -0.2) is 38.1 Å². The largest absolute Gasteiger partial charge is 0.416 e. The number of amides is 2. The van der Waals surface area contributed by atoms with E-state index in [1.54, 1.807) is 12.1 Å². The summed E-state index contributed by atoms with van der Waals surface area (Å²) in [6.45, 7) is 4.56. The summed E-state index contributed by atoms with van der Waals surface area (Å²) >= 11 is 0. The molecule has 3 aromatic carbocycles. The third-order valence-electron chi connectivity index (χ3n) is 6.42. The molecule has 0 aromatic heterocycles. The average Bonchev–Trinajstić information content (AvgIpc) is 3.24. The summed E-state index contributed by atoms with van der Waals surface area (Å²) < 4.78 is 44.7. The highest BCUT2D eigenvalue weighted by Gasteiger charge is 2.31. The van der Waals surface area contributed by atoms with Crippen LogP contribution < -0.4 is 15.5 Å². The number of nitrogens with one attached hydrogen (secondary N) is 2. The Balaban J connectivity index is 1.48. The van der Waals surface area contributed by atoms with E-state index in [1.807, 2.05) is 25.1 Å². The number of hydrogen-bond donors (Lipinski definition) is 2. The summed E-state index contributed by atoms with van der Waals surface area (Å²) in [7, 11) is 0. The number of benzene rings is 3. The van der Waals surface area contributed by atoms with Crippen LogP contribution in [0.5, 0.6) is 0 Å². The maximum Gasteiger partial charge on any atom is 0.416 e. The zero-order valence-electron chi connectivity index (χ0n) is 19.5. The molecule has 0 unspecified atom stereocenters. The first-order valence-electron chi connectivity index (χ1n) is 11.6. The first kappa shape index (κ1) is 23.9. The van der Waals surface area contributed by atoms with Crippen molar-refractivity contribution in [2.75, 3.05) is 41.8 Å². The van der Waals surface area contributed by atoms with Gasteiger partial charge in [-0.3, -0.25) is 9.59 Å². The molecule has 2 aliphatic rings. The summed E-state index contributed by atoms with van der Waals surface area (Å²) in [6.07, 6.45) is -4.25. The molecule has 0 atom stereocenters. The van der Waals surface area contributed by atoms with E-state index in [-0.39, 0.29) is 17.9 Å². The van der Waals surface area contributed by atoms with Crippen molar-refractivity contribution in [1.82, 2.24) is 0 Å². The van der Waals surface area contributed by atoms with E-state index in [1.165, 1.54) is 12.1 Å². The van der Waals surface area contributed by atoms with Crippen molar-refractivity contribution in [3.05, 3.63) is 76.9 Å². The normalized spacial score (nSPS) is 15.4. The maximum atomic E-state index is 13.1. The van der Waals surface area contributed by atoms with Crippen molar-refractivity contribution < 1.29 is 27.5 Å². The monoisotopic (exact) mass is 495 g/mol. The van der Waals surface area contributed by atoms with E-state index < -0.39 is 17.6 Å². The van der Waals surface area contributed by atoms with Gasteiger partial charge in [-0.05, 0) is 71.6 Å². The standard InChI is InChI=1S/C27H24F3N3O3/c1-16-5-6-21(31-26(35)17-3-2-4-20(12-17)27(28,29)30)15-22(16)18-11-19-14-24(34)32-25(19)23(13-18)33-7-9-36-10-8-33/h2-6,11-13,15H,7-10,14H2,1H3,(H,31,35)(H,32,34). The molecule has 2 N–H and O–H groups in total. The smallest absolute Gasteiger partial charge is 0.378 e. The Kier molecular flexibility index (Phi) is 6.17. The van der Waals surface area contributed by atoms with Gasteiger partial charge in [-0.15, -0.1) is 0 Å². The summed E-state index contributed by atoms with van der Waals surface area (Å²) in [4.78, 5) is 27.1. The molecule has 2 amide bonds. The summed E-state index contributed by atoms with van der Waals surface area (Å²) in [5.74, 6) is -0.691. The zero-order valence-corrected chi connectivity index (χ0v) is 19.5. The molecule has 9 heteroatoms. The average molecular weight is 496 g/mol. The number of rotatable bonds is 4. The van der Waals surface area contributed by atoms with E-state index >= 15 is 0 Å². The molecule has 0 spiro atoms. The van der Waals surface area contributed by atoms with E-state index in [2.05, 4.69) is 15.5 Å². The van der Waals surface area contributed by atoms with E-state index in [9.17, 15) is 22.8 Å². The molecule has 6 nitrogen and oxygen atoms in total. The van der Waals surface area contributed by atoms with Gasteiger partial charge in [0.25, 0.3) is 5.91 Å². The minimum absolute atomic E-state index is 0.0597. The number of carbonyl (C=O) groups is 2. The Morgan fingerprint density at radius 1 is 1.06 bits per heavy atom. The summed E-state index contributed by atoms with van der Waals surface area (Å²) in [5.41, 5.74) is 4.84. The van der Waals surface area contributed by atoms with Crippen molar-refractivity contribution in [2.45, 2.75) is 19.5 Å². The number of morpholine rings is 1. The zero-order chi connectivity index (χ0) is 25.4. The SMILES string of the molecule is Cc1ccc(NC(=O)c2cccc(C(F)(F)F)c2)cc1-c1cc2c(c(N3CCOCC3)c1)NC(=O)C2. The summed E-state index contributed by atoms with van der Waals surface area (Å²) in [5, 5.41) is 5.68. The van der Waals surface area contributed by atoms with Gasteiger partial charge in [0.05, 0.1) is 36.6 Å². The highest BCUT2D eigenvalue weighted by atomic mass is 19.4. The lowest BCUT2D eigenvalue weighted by molar-refractivity contribution is -0.137. The van der Waals surface area contributed by atoms with Gasteiger partial charge >= 0.3 is 6.18 Å². The second kappa shape index (κ2) is 9.31. The first-order chi connectivity index (χ1) is 17.2. The van der Waals surface area contributed by atoms with E-state index in [4.69, 9.17) is 4.74 Å². The van der Waals surface area contributed by atoms with E-state index in [0.29, 0.717) is 32.0 Å². The van der Waals surface area contributed by atoms with Gasteiger partial charge in [-0.2, -0.15) is 13.2 Å². The third-order valence-corrected chi connectivity index (χ3v) is 6.42. The highest BCUT2D eigenvalue weighted by Crippen LogP contribution is 2.40.